The molecule has 4 heteroatoms. The van der Waals surface area contributed by atoms with Crippen molar-refractivity contribution in [1.29, 1.82) is 0 Å². The van der Waals surface area contributed by atoms with Crippen LogP contribution in [-0.2, 0) is 5.41 Å². The molecule has 4 nitrogen and oxygen atoms in total. The van der Waals surface area contributed by atoms with Crippen LogP contribution in [0.5, 0.6) is 0 Å². The number of nitrogens with zero attached hydrogens (tertiary/aromatic N) is 3. The van der Waals surface area contributed by atoms with Gasteiger partial charge in [0.2, 0.25) is 0 Å². The van der Waals surface area contributed by atoms with Gasteiger partial charge in [0.05, 0.1) is 0 Å². The second-order valence-electron chi connectivity index (χ2n) is 6.36. The van der Waals surface area contributed by atoms with Gasteiger partial charge in [0.25, 0.3) is 0 Å². The predicted molar refractivity (Wildman–Crippen MR) is 80.9 cm³/mol. The fraction of sp³-hybridized carbons (Fsp3) is 0.733. The van der Waals surface area contributed by atoms with E-state index in [1.165, 1.54) is 12.8 Å². The highest BCUT2D eigenvalue weighted by Gasteiger charge is 2.30. The lowest BCUT2D eigenvalue weighted by molar-refractivity contribution is 0.544. The van der Waals surface area contributed by atoms with Crippen LogP contribution in [0.2, 0.25) is 0 Å². The van der Waals surface area contributed by atoms with Crippen molar-refractivity contribution in [1.82, 2.24) is 9.97 Å². The Morgan fingerprint density at radius 2 is 2.00 bits per heavy atom. The van der Waals surface area contributed by atoms with Crippen molar-refractivity contribution < 1.29 is 0 Å². The Bertz CT molecular complexity index is 432. The molecular weight excluding hydrogens is 236 g/mol. The average molecular weight is 262 g/mol. The molecule has 0 atom stereocenters. The quantitative estimate of drug-likeness (QED) is 0.884. The van der Waals surface area contributed by atoms with Gasteiger partial charge in [-0.1, -0.05) is 27.7 Å². The van der Waals surface area contributed by atoms with Crippen molar-refractivity contribution in [3.63, 3.8) is 0 Å². The van der Waals surface area contributed by atoms with Gasteiger partial charge in [-0.05, 0) is 19.3 Å². The van der Waals surface area contributed by atoms with Crippen molar-refractivity contribution >= 4 is 11.6 Å². The van der Waals surface area contributed by atoms with Crippen molar-refractivity contribution in [2.75, 3.05) is 23.8 Å². The number of aromatic nitrogens is 2. The van der Waals surface area contributed by atoms with Crippen LogP contribution in [0.3, 0.4) is 0 Å². The lowest BCUT2D eigenvalue weighted by Crippen LogP contribution is -2.29. The smallest absolute Gasteiger partial charge is 0.138 e. The first-order chi connectivity index (χ1) is 8.95. The van der Waals surface area contributed by atoms with Crippen LogP contribution >= 0.6 is 0 Å². The fourth-order valence-electron chi connectivity index (χ4n) is 2.16. The number of hydrogen-bond acceptors (Lipinski definition) is 4. The number of nitrogens with one attached hydrogen (secondary N) is 1. The zero-order valence-electron chi connectivity index (χ0n) is 12.8. The molecule has 0 aliphatic heterocycles. The second-order valence-corrected chi connectivity index (χ2v) is 6.36. The first kappa shape index (κ1) is 14.1. The number of hydrogen-bond donors (Lipinski definition) is 1. The fourth-order valence-corrected chi connectivity index (χ4v) is 2.16. The minimum absolute atomic E-state index is 0.0248. The van der Waals surface area contributed by atoms with Crippen LogP contribution < -0.4 is 10.2 Å². The molecule has 1 aliphatic carbocycles. The van der Waals surface area contributed by atoms with E-state index in [1.807, 2.05) is 7.05 Å². The summed E-state index contributed by atoms with van der Waals surface area (Å²) in [5, 5.41) is 3.16. The summed E-state index contributed by atoms with van der Waals surface area (Å²) < 4.78 is 0. The Hall–Kier alpha value is -1.32. The van der Waals surface area contributed by atoms with Crippen molar-refractivity contribution in [2.24, 2.45) is 0 Å². The van der Waals surface area contributed by atoms with Crippen LogP contribution in [0.15, 0.2) is 6.07 Å². The standard InChI is InChI=1S/C15H26N4/c1-6-9-19(11-7-8-11)13-10-12(16-5)17-14(18-13)15(2,3)4/h10-11H,6-9H2,1-5H3,(H,16,17,18). The van der Waals surface area contributed by atoms with E-state index in [4.69, 9.17) is 4.98 Å². The van der Waals surface area contributed by atoms with E-state index in [2.05, 4.69) is 49.0 Å². The maximum atomic E-state index is 4.81. The monoisotopic (exact) mass is 262 g/mol. The Kier molecular flexibility index (Phi) is 3.97. The molecule has 0 saturated heterocycles. The van der Waals surface area contributed by atoms with E-state index in [0.29, 0.717) is 6.04 Å². The zero-order valence-corrected chi connectivity index (χ0v) is 12.8. The predicted octanol–water partition coefficient (Wildman–Crippen LogP) is 3.19. The first-order valence-corrected chi connectivity index (χ1v) is 7.29. The van der Waals surface area contributed by atoms with Gasteiger partial charge in [-0.15, -0.1) is 0 Å². The van der Waals surface area contributed by atoms with Gasteiger partial charge in [-0.25, -0.2) is 9.97 Å². The second kappa shape index (κ2) is 5.35. The lowest BCUT2D eigenvalue weighted by Gasteiger charge is -2.26. The SMILES string of the molecule is CCCN(c1cc(NC)nc(C(C)(C)C)n1)C1CC1. The van der Waals surface area contributed by atoms with Gasteiger partial charge in [0, 0.05) is 31.1 Å². The third-order valence-corrected chi connectivity index (χ3v) is 3.39. The van der Waals surface area contributed by atoms with Crippen LogP contribution in [0.1, 0.15) is 52.8 Å². The topological polar surface area (TPSA) is 41.0 Å². The molecule has 0 bridgehead atoms. The number of anilines is 2. The summed E-state index contributed by atoms with van der Waals surface area (Å²) in [6.07, 6.45) is 3.74. The first-order valence-electron chi connectivity index (χ1n) is 7.29. The molecule has 0 radical (unpaired) electrons. The maximum absolute atomic E-state index is 4.81. The molecule has 19 heavy (non-hydrogen) atoms. The molecule has 1 aliphatic rings. The molecule has 1 fully saturated rings. The van der Waals surface area contributed by atoms with Crippen molar-refractivity contribution in [2.45, 2.75) is 58.4 Å². The molecule has 1 heterocycles. The van der Waals surface area contributed by atoms with Gasteiger partial charge in [0.15, 0.2) is 0 Å². The minimum atomic E-state index is -0.0248. The molecule has 0 aromatic carbocycles. The van der Waals surface area contributed by atoms with E-state index >= 15 is 0 Å². The summed E-state index contributed by atoms with van der Waals surface area (Å²) in [6, 6.07) is 2.76. The van der Waals surface area contributed by atoms with E-state index in [-0.39, 0.29) is 5.41 Å². The third-order valence-electron chi connectivity index (χ3n) is 3.39. The Morgan fingerprint density at radius 1 is 1.32 bits per heavy atom. The summed E-state index contributed by atoms with van der Waals surface area (Å²) in [5.41, 5.74) is -0.0248. The molecule has 2 rings (SSSR count). The van der Waals surface area contributed by atoms with Crippen molar-refractivity contribution in [3.05, 3.63) is 11.9 Å². The van der Waals surface area contributed by atoms with Gasteiger partial charge >= 0.3 is 0 Å². The molecule has 1 aromatic heterocycles. The Morgan fingerprint density at radius 3 is 2.47 bits per heavy atom. The summed E-state index contributed by atoms with van der Waals surface area (Å²) in [6.45, 7) is 9.78. The molecule has 1 N–H and O–H groups in total. The summed E-state index contributed by atoms with van der Waals surface area (Å²) in [5.74, 6) is 2.90. The highest BCUT2D eigenvalue weighted by Crippen LogP contribution is 2.32. The molecular formula is C15H26N4. The zero-order chi connectivity index (χ0) is 14.0. The molecule has 1 aromatic rings. The van der Waals surface area contributed by atoms with E-state index in [9.17, 15) is 0 Å². The number of rotatable bonds is 5. The lowest BCUT2D eigenvalue weighted by atomic mass is 9.96. The molecule has 0 spiro atoms. The summed E-state index contributed by atoms with van der Waals surface area (Å²) in [4.78, 5) is 11.8. The summed E-state index contributed by atoms with van der Waals surface area (Å²) in [7, 11) is 1.92. The van der Waals surface area contributed by atoms with E-state index in [1.54, 1.807) is 0 Å². The van der Waals surface area contributed by atoms with Gasteiger partial charge in [-0.2, -0.15) is 0 Å². The average Bonchev–Trinajstić information content (AvgIpc) is 3.18. The molecule has 106 valence electrons. The molecule has 1 saturated carbocycles. The van der Waals surface area contributed by atoms with E-state index < -0.39 is 0 Å². The highest BCUT2D eigenvalue weighted by molar-refractivity contribution is 5.51. The van der Waals surface area contributed by atoms with E-state index in [0.717, 1.165) is 30.4 Å². The van der Waals surface area contributed by atoms with Gasteiger partial charge in [-0.3, -0.25) is 0 Å². The van der Waals surface area contributed by atoms with Crippen LogP contribution in [0.4, 0.5) is 11.6 Å². The van der Waals surface area contributed by atoms with Crippen LogP contribution in [-0.4, -0.2) is 29.6 Å². The van der Waals surface area contributed by atoms with Crippen molar-refractivity contribution in [3.8, 4) is 0 Å². The van der Waals surface area contributed by atoms with Crippen LogP contribution in [0.25, 0.3) is 0 Å². The molecule has 0 unspecified atom stereocenters. The van der Waals surface area contributed by atoms with Gasteiger partial charge in [0.1, 0.15) is 17.5 Å². The third kappa shape index (κ3) is 3.37. The maximum Gasteiger partial charge on any atom is 0.138 e. The summed E-state index contributed by atoms with van der Waals surface area (Å²) >= 11 is 0. The minimum Gasteiger partial charge on any atom is -0.373 e. The largest absolute Gasteiger partial charge is 0.373 e. The molecule has 0 amide bonds. The Labute approximate surface area is 116 Å². The normalized spacial score (nSPS) is 15.4. The Balaban J connectivity index is 2.37. The van der Waals surface area contributed by atoms with Crippen LogP contribution in [0, 0.1) is 0 Å². The van der Waals surface area contributed by atoms with Gasteiger partial charge < -0.3 is 10.2 Å². The highest BCUT2D eigenvalue weighted by atomic mass is 15.2.